The highest BCUT2D eigenvalue weighted by molar-refractivity contribution is 8.01. The van der Waals surface area contributed by atoms with E-state index in [9.17, 15) is 9.59 Å². The second-order valence-corrected chi connectivity index (χ2v) is 5.26. The lowest BCUT2D eigenvalue weighted by molar-refractivity contribution is -0.128. The van der Waals surface area contributed by atoms with Crippen LogP contribution in [-0.2, 0) is 9.59 Å². The van der Waals surface area contributed by atoms with Crippen molar-refractivity contribution in [3.63, 3.8) is 0 Å². The van der Waals surface area contributed by atoms with E-state index in [1.165, 1.54) is 29.6 Å². The molecule has 0 saturated carbocycles. The molecule has 0 aromatic carbocycles. The molecule has 1 heterocycles. The third-order valence-electron chi connectivity index (χ3n) is 2.55. The van der Waals surface area contributed by atoms with E-state index in [4.69, 9.17) is 0 Å². The zero-order valence-electron chi connectivity index (χ0n) is 10.6. The van der Waals surface area contributed by atoms with Gasteiger partial charge in [-0.25, -0.2) is 0 Å². The fourth-order valence-corrected chi connectivity index (χ4v) is 2.26. The number of carbonyl (C=O) groups excluding carboxylic acids is 2. The molecule has 0 aliphatic carbocycles. The smallest absolute Gasteiger partial charge is 0.248 e. The number of likely N-dealkylation sites (tertiary alicyclic amines) is 1. The van der Waals surface area contributed by atoms with Crippen molar-refractivity contribution in [2.45, 2.75) is 19.0 Å². The van der Waals surface area contributed by atoms with Crippen LogP contribution < -0.4 is 5.32 Å². The van der Waals surface area contributed by atoms with Crippen LogP contribution in [0.2, 0.25) is 0 Å². The number of thioether (sulfide) groups is 2. The average Bonchev–Trinajstić information content (AvgIpc) is 2.81. The molecule has 1 atom stereocenters. The summed E-state index contributed by atoms with van der Waals surface area (Å²) < 4.78 is 0. The van der Waals surface area contributed by atoms with Crippen molar-refractivity contribution in [1.82, 2.24) is 10.2 Å². The summed E-state index contributed by atoms with van der Waals surface area (Å²) in [6, 6.07) is 0. The molecule has 1 saturated heterocycles. The quantitative estimate of drug-likeness (QED) is 0.783. The molecule has 1 rings (SSSR count). The van der Waals surface area contributed by atoms with E-state index < -0.39 is 0 Å². The van der Waals surface area contributed by atoms with Crippen LogP contribution in [0, 0.1) is 0 Å². The molecular formula is C12H18N2O2S2. The van der Waals surface area contributed by atoms with Crippen LogP contribution >= 0.6 is 23.5 Å². The van der Waals surface area contributed by atoms with Crippen molar-refractivity contribution in [3.8, 4) is 0 Å². The van der Waals surface area contributed by atoms with E-state index in [-0.39, 0.29) is 18.0 Å². The zero-order chi connectivity index (χ0) is 13.4. The predicted octanol–water partition coefficient (Wildman–Crippen LogP) is 1.80. The first-order valence-electron chi connectivity index (χ1n) is 5.69. The average molecular weight is 286 g/mol. The molecule has 1 fully saturated rings. The lowest BCUT2D eigenvalue weighted by Crippen LogP contribution is -2.46. The molecule has 0 radical (unpaired) electrons. The van der Waals surface area contributed by atoms with Gasteiger partial charge in [0.15, 0.2) is 0 Å². The van der Waals surface area contributed by atoms with Gasteiger partial charge in [0.05, 0.1) is 0 Å². The Morgan fingerprint density at radius 1 is 1.22 bits per heavy atom. The number of nitrogens with one attached hydrogen (secondary N) is 1. The molecular weight excluding hydrogens is 268 g/mol. The van der Waals surface area contributed by atoms with Crippen molar-refractivity contribution in [2.24, 2.45) is 0 Å². The first-order valence-corrected chi connectivity index (χ1v) is 8.26. The van der Waals surface area contributed by atoms with E-state index in [1.54, 1.807) is 21.8 Å². The number of hydrogen-bond donors (Lipinski definition) is 1. The van der Waals surface area contributed by atoms with Crippen LogP contribution in [-0.4, -0.2) is 41.9 Å². The van der Waals surface area contributed by atoms with E-state index in [0.29, 0.717) is 6.54 Å². The molecule has 18 heavy (non-hydrogen) atoms. The fourth-order valence-electron chi connectivity index (χ4n) is 1.74. The molecule has 0 bridgehead atoms. The molecule has 2 amide bonds. The van der Waals surface area contributed by atoms with Crippen molar-refractivity contribution in [1.29, 1.82) is 0 Å². The van der Waals surface area contributed by atoms with E-state index in [0.717, 1.165) is 12.8 Å². The lowest BCUT2D eigenvalue weighted by atomic mass is 10.3. The third kappa shape index (κ3) is 4.78. The topological polar surface area (TPSA) is 49.4 Å². The third-order valence-corrected chi connectivity index (χ3v) is 3.36. The van der Waals surface area contributed by atoms with E-state index in [2.05, 4.69) is 5.32 Å². The first-order chi connectivity index (χ1) is 8.69. The maximum absolute atomic E-state index is 11.9. The van der Waals surface area contributed by atoms with Gasteiger partial charge in [-0.05, 0) is 36.2 Å². The minimum absolute atomic E-state index is 0.0407. The molecule has 1 N–H and O–H groups in total. The van der Waals surface area contributed by atoms with E-state index in [1.807, 2.05) is 12.5 Å². The largest absolute Gasteiger partial charge is 0.332 e. The van der Waals surface area contributed by atoms with Crippen LogP contribution in [0.5, 0.6) is 0 Å². The summed E-state index contributed by atoms with van der Waals surface area (Å²) in [6.07, 6.45) is 8.40. The second kappa shape index (κ2) is 8.26. The Kier molecular flexibility index (Phi) is 6.97. The molecule has 0 aromatic heterocycles. The number of amides is 2. The van der Waals surface area contributed by atoms with Crippen LogP contribution in [0.1, 0.15) is 12.8 Å². The molecule has 6 heteroatoms. The van der Waals surface area contributed by atoms with E-state index >= 15 is 0 Å². The molecule has 1 unspecified atom stereocenters. The second-order valence-electron chi connectivity index (χ2n) is 3.78. The summed E-state index contributed by atoms with van der Waals surface area (Å²) in [7, 11) is 0. The zero-order valence-corrected chi connectivity index (χ0v) is 12.2. The summed E-state index contributed by atoms with van der Waals surface area (Å²) in [6.45, 7) is 0.703. The fraction of sp³-hybridized carbons (Fsp3) is 0.500. The van der Waals surface area contributed by atoms with Gasteiger partial charge in [-0.15, -0.1) is 23.5 Å². The maximum atomic E-state index is 11.9. The number of carbonyl (C=O) groups is 2. The maximum Gasteiger partial charge on any atom is 0.248 e. The molecule has 100 valence electrons. The Morgan fingerprint density at radius 2 is 1.89 bits per heavy atom. The normalized spacial score (nSPS) is 19.9. The van der Waals surface area contributed by atoms with Crippen LogP contribution in [0.4, 0.5) is 0 Å². The molecule has 0 spiro atoms. The summed E-state index contributed by atoms with van der Waals surface area (Å²) >= 11 is 2.96. The summed E-state index contributed by atoms with van der Waals surface area (Å²) in [5.74, 6) is -0.191. The minimum Gasteiger partial charge on any atom is -0.332 e. The Balaban J connectivity index is 2.54. The Labute approximate surface area is 116 Å². The summed E-state index contributed by atoms with van der Waals surface area (Å²) in [5.41, 5.74) is 0. The highest BCUT2D eigenvalue weighted by Crippen LogP contribution is 2.15. The monoisotopic (exact) mass is 286 g/mol. The lowest BCUT2D eigenvalue weighted by Gasteiger charge is -2.23. The van der Waals surface area contributed by atoms with Gasteiger partial charge >= 0.3 is 0 Å². The van der Waals surface area contributed by atoms with Gasteiger partial charge in [-0.1, -0.05) is 0 Å². The Bertz CT molecular complexity index is 356. The van der Waals surface area contributed by atoms with Crippen LogP contribution in [0.15, 0.2) is 23.0 Å². The van der Waals surface area contributed by atoms with Crippen molar-refractivity contribution in [2.75, 3.05) is 19.1 Å². The minimum atomic E-state index is -0.178. The predicted molar refractivity (Wildman–Crippen MR) is 78.2 cm³/mol. The van der Waals surface area contributed by atoms with Crippen molar-refractivity contribution >= 4 is 35.3 Å². The van der Waals surface area contributed by atoms with Crippen LogP contribution in [0.3, 0.4) is 0 Å². The van der Waals surface area contributed by atoms with Gasteiger partial charge in [-0.2, -0.15) is 0 Å². The van der Waals surface area contributed by atoms with Gasteiger partial charge < -0.3 is 10.2 Å². The van der Waals surface area contributed by atoms with Gasteiger partial charge in [0.1, 0.15) is 6.17 Å². The molecule has 0 aromatic rings. The molecule has 4 nitrogen and oxygen atoms in total. The molecule has 1 aliphatic heterocycles. The van der Waals surface area contributed by atoms with Crippen LogP contribution in [0.25, 0.3) is 0 Å². The summed E-state index contributed by atoms with van der Waals surface area (Å²) in [5, 5.41) is 6.33. The number of rotatable bonds is 5. The number of nitrogens with zero attached hydrogens (tertiary/aromatic N) is 1. The highest BCUT2D eigenvalue weighted by atomic mass is 32.2. The SMILES string of the molecule is CSC=CC(=O)NC1CCCN1C(=O)C=CSC. The Morgan fingerprint density at radius 3 is 2.56 bits per heavy atom. The van der Waals surface area contributed by atoms with Gasteiger partial charge in [-0.3, -0.25) is 9.59 Å². The van der Waals surface area contributed by atoms with Crippen molar-refractivity contribution < 1.29 is 9.59 Å². The molecule has 1 aliphatic rings. The standard InChI is InChI=1S/C12H18N2O2S2/c1-17-8-5-11(15)13-10-4-3-7-14(10)12(16)6-9-18-2/h5-6,8-10H,3-4,7H2,1-2H3,(H,13,15). The van der Waals surface area contributed by atoms with Gasteiger partial charge in [0.2, 0.25) is 11.8 Å². The summed E-state index contributed by atoms with van der Waals surface area (Å²) in [4.78, 5) is 25.1. The van der Waals surface area contributed by atoms with Gasteiger partial charge in [0.25, 0.3) is 0 Å². The highest BCUT2D eigenvalue weighted by Gasteiger charge is 2.27. The Hall–Kier alpha value is -0.880. The first kappa shape index (κ1) is 15.2. The van der Waals surface area contributed by atoms with Crippen molar-refractivity contribution in [3.05, 3.63) is 23.0 Å². The number of hydrogen-bond acceptors (Lipinski definition) is 4. The van der Waals surface area contributed by atoms with Gasteiger partial charge in [0, 0.05) is 18.7 Å².